The number of benzene rings is 1. The van der Waals surface area contributed by atoms with Crippen molar-refractivity contribution in [3.05, 3.63) is 34.3 Å². The minimum atomic E-state index is -0.736. The Bertz CT molecular complexity index is 316. The van der Waals surface area contributed by atoms with Gasteiger partial charge in [-0.1, -0.05) is 34.1 Å². The van der Waals surface area contributed by atoms with E-state index in [9.17, 15) is 4.79 Å². The molecule has 70 valence electrons. The van der Waals surface area contributed by atoms with Gasteiger partial charge in [0.05, 0.1) is 0 Å². The molecule has 0 spiro atoms. The molecule has 1 aromatic rings. The van der Waals surface area contributed by atoms with Gasteiger partial charge >= 0.3 is 0 Å². The molecule has 0 aromatic heterocycles. The first-order chi connectivity index (χ1) is 6.16. The molecule has 5 N–H and O–H groups in total. The molecule has 0 radical (unpaired) electrons. The van der Waals surface area contributed by atoms with Crippen LogP contribution in [0.1, 0.15) is 11.6 Å². The highest BCUT2D eigenvalue weighted by atomic mass is 79.9. The minimum absolute atomic E-state index is 0.410. The molecule has 0 aliphatic heterocycles. The summed E-state index contributed by atoms with van der Waals surface area (Å²) in [6, 6.07) is 6.51. The van der Waals surface area contributed by atoms with E-state index in [0.29, 0.717) is 5.56 Å². The van der Waals surface area contributed by atoms with Crippen molar-refractivity contribution in [2.45, 2.75) is 6.04 Å². The number of hydrogen-bond acceptors (Lipinski definition) is 3. The summed E-state index contributed by atoms with van der Waals surface area (Å²) in [5.41, 5.74) is 8.35. The Labute approximate surface area is 84.4 Å². The van der Waals surface area contributed by atoms with Crippen LogP contribution in [0.3, 0.4) is 0 Å². The molecular formula is C8H10BrN3O. The van der Waals surface area contributed by atoms with Gasteiger partial charge in [0, 0.05) is 4.47 Å². The maximum Gasteiger partial charge on any atom is 0.255 e. The van der Waals surface area contributed by atoms with Gasteiger partial charge < -0.3 is 5.73 Å². The van der Waals surface area contributed by atoms with Crippen LogP contribution in [0.25, 0.3) is 0 Å². The molecule has 5 heteroatoms. The maximum atomic E-state index is 11.1. The van der Waals surface area contributed by atoms with Crippen molar-refractivity contribution < 1.29 is 4.79 Å². The van der Waals surface area contributed by atoms with Gasteiger partial charge in [-0.25, -0.2) is 5.84 Å². The highest BCUT2D eigenvalue weighted by Crippen LogP contribution is 2.21. The van der Waals surface area contributed by atoms with Gasteiger partial charge in [0.15, 0.2) is 0 Å². The van der Waals surface area contributed by atoms with Crippen molar-refractivity contribution in [3.63, 3.8) is 0 Å². The largest absolute Gasteiger partial charge is 0.316 e. The Morgan fingerprint density at radius 3 is 2.62 bits per heavy atom. The van der Waals surface area contributed by atoms with E-state index >= 15 is 0 Å². The quantitative estimate of drug-likeness (QED) is 0.401. The summed E-state index contributed by atoms with van der Waals surface area (Å²) in [5.74, 6) is 4.56. The molecule has 0 aliphatic rings. The number of halogens is 1. The zero-order valence-electron chi connectivity index (χ0n) is 6.83. The fourth-order valence-corrected chi connectivity index (χ4v) is 1.49. The van der Waals surface area contributed by atoms with Crippen molar-refractivity contribution >= 4 is 21.8 Å². The molecule has 1 rings (SSSR count). The lowest BCUT2D eigenvalue weighted by Gasteiger charge is -2.11. The number of rotatable bonds is 2. The summed E-state index contributed by atoms with van der Waals surface area (Å²) in [6.07, 6.45) is 0. The van der Waals surface area contributed by atoms with Crippen molar-refractivity contribution in [2.24, 2.45) is 11.6 Å². The van der Waals surface area contributed by atoms with E-state index in [1.807, 2.05) is 23.6 Å². The topological polar surface area (TPSA) is 81.1 Å². The molecule has 0 aliphatic carbocycles. The van der Waals surface area contributed by atoms with Crippen LogP contribution in [0.4, 0.5) is 0 Å². The number of hydrazine groups is 1. The molecule has 4 nitrogen and oxygen atoms in total. The summed E-state index contributed by atoms with van der Waals surface area (Å²) < 4.78 is 0.797. The van der Waals surface area contributed by atoms with Crippen molar-refractivity contribution in [2.75, 3.05) is 0 Å². The van der Waals surface area contributed by atoms with Gasteiger partial charge in [0.1, 0.15) is 6.04 Å². The van der Waals surface area contributed by atoms with Crippen LogP contribution < -0.4 is 17.0 Å². The van der Waals surface area contributed by atoms with Crippen LogP contribution >= 0.6 is 15.9 Å². The molecule has 1 aromatic carbocycles. The number of nitrogens with one attached hydrogen (secondary N) is 1. The van der Waals surface area contributed by atoms with Gasteiger partial charge in [0.25, 0.3) is 5.91 Å². The van der Waals surface area contributed by atoms with E-state index in [2.05, 4.69) is 15.9 Å². The lowest BCUT2D eigenvalue weighted by molar-refractivity contribution is -0.122. The molecule has 0 saturated carbocycles. The fraction of sp³-hybridized carbons (Fsp3) is 0.125. The predicted octanol–water partition coefficient (Wildman–Crippen LogP) is 0.439. The van der Waals surface area contributed by atoms with Crippen molar-refractivity contribution in [3.8, 4) is 0 Å². The summed E-state index contributed by atoms with van der Waals surface area (Å²) in [4.78, 5) is 11.1. The second-order valence-corrected chi connectivity index (χ2v) is 3.36. The molecular weight excluding hydrogens is 234 g/mol. The Morgan fingerprint density at radius 1 is 1.46 bits per heavy atom. The molecule has 13 heavy (non-hydrogen) atoms. The molecule has 0 bridgehead atoms. The first kappa shape index (κ1) is 10.2. The van der Waals surface area contributed by atoms with E-state index < -0.39 is 11.9 Å². The summed E-state index contributed by atoms with van der Waals surface area (Å²) in [7, 11) is 0. The zero-order chi connectivity index (χ0) is 9.84. The van der Waals surface area contributed by atoms with Gasteiger partial charge in [0.2, 0.25) is 0 Å². The van der Waals surface area contributed by atoms with E-state index in [0.717, 1.165) is 4.47 Å². The molecule has 0 heterocycles. The normalized spacial score (nSPS) is 12.2. The second-order valence-electron chi connectivity index (χ2n) is 2.51. The lowest BCUT2D eigenvalue weighted by atomic mass is 10.1. The van der Waals surface area contributed by atoms with E-state index in [1.165, 1.54) is 0 Å². The van der Waals surface area contributed by atoms with Crippen LogP contribution in [0, 0.1) is 0 Å². The minimum Gasteiger partial charge on any atom is -0.316 e. The molecule has 1 unspecified atom stereocenters. The number of hydrogen-bond donors (Lipinski definition) is 3. The SMILES string of the molecule is NNC(=O)C(N)c1ccccc1Br. The molecule has 1 atom stereocenters. The number of carbonyl (C=O) groups excluding carboxylic acids is 1. The summed E-state index contributed by atoms with van der Waals surface area (Å²) >= 11 is 3.29. The Morgan fingerprint density at radius 2 is 2.08 bits per heavy atom. The summed E-state index contributed by atoms with van der Waals surface area (Å²) in [6.45, 7) is 0. The molecule has 0 fully saturated rings. The zero-order valence-corrected chi connectivity index (χ0v) is 8.41. The van der Waals surface area contributed by atoms with Crippen LogP contribution in [0.5, 0.6) is 0 Å². The second kappa shape index (κ2) is 4.36. The lowest BCUT2D eigenvalue weighted by Crippen LogP contribution is -2.38. The van der Waals surface area contributed by atoms with Crippen LogP contribution in [-0.4, -0.2) is 5.91 Å². The molecule has 0 saturated heterocycles. The average Bonchev–Trinajstić information content (AvgIpc) is 2.16. The highest BCUT2D eigenvalue weighted by Gasteiger charge is 2.16. The van der Waals surface area contributed by atoms with E-state index in [-0.39, 0.29) is 0 Å². The highest BCUT2D eigenvalue weighted by molar-refractivity contribution is 9.10. The maximum absolute atomic E-state index is 11.1. The van der Waals surface area contributed by atoms with Gasteiger partial charge in [-0.05, 0) is 11.6 Å². The Hall–Kier alpha value is -0.910. The van der Waals surface area contributed by atoms with Gasteiger partial charge in [-0.15, -0.1) is 0 Å². The average molecular weight is 244 g/mol. The van der Waals surface area contributed by atoms with Crippen LogP contribution in [-0.2, 0) is 4.79 Å². The monoisotopic (exact) mass is 243 g/mol. The van der Waals surface area contributed by atoms with Crippen LogP contribution in [0.2, 0.25) is 0 Å². The first-order valence-electron chi connectivity index (χ1n) is 3.67. The first-order valence-corrected chi connectivity index (χ1v) is 4.46. The van der Waals surface area contributed by atoms with Crippen molar-refractivity contribution in [1.82, 2.24) is 5.43 Å². The molecule has 1 amide bonds. The third kappa shape index (κ3) is 2.27. The Balaban J connectivity index is 2.95. The van der Waals surface area contributed by atoms with Gasteiger partial charge in [-0.3, -0.25) is 10.2 Å². The third-order valence-electron chi connectivity index (χ3n) is 1.67. The third-order valence-corrected chi connectivity index (χ3v) is 2.39. The van der Waals surface area contributed by atoms with Gasteiger partial charge in [-0.2, -0.15) is 0 Å². The van der Waals surface area contributed by atoms with Crippen LogP contribution in [0.15, 0.2) is 28.7 Å². The Kier molecular flexibility index (Phi) is 3.41. The van der Waals surface area contributed by atoms with E-state index in [1.54, 1.807) is 6.07 Å². The van der Waals surface area contributed by atoms with Crippen molar-refractivity contribution in [1.29, 1.82) is 0 Å². The number of amides is 1. The van der Waals surface area contributed by atoms with E-state index in [4.69, 9.17) is 11.6 Å². The fourth-order valence-electron chi connectivity index (χ4n) is 0.958. The summed E-state index contributed by atoms with van der Waals surface area (Å²) in [5, 5.41) is 0. The standard InChI is InChI=1S/C8H10BrN3O/c9-6-4-2-1-3-5(6)7(10)8(13)12-11/h1-4,7H,10-11H2,(H,12,13). The number of nitrogens with two attached hydrogens (primary N) is 2. The number of carbonyl (C=O) groups is 1. The smallest absolute Gasteiger partial charge is 0.255 e. The predicted molar refractivity (Wildman–Crippen MR) is 53.4 cm³/mol.